The highest BCUT2D eigenvalue weighted by Gasteiger charge is 2.27. The van der Waals surface area contributed by atoms with Crippen molar-refractivity contribution >= 4 is 29.1 Å². The molecule has 1 amide bonds. The third-order valence-corrected chi connectivity index (χ3v) is 7.81. The number of amides is 1. The number of piperidine rings is 1. The number of hydrogen-bond acceptors (Lipinski definition) is 9. The van der Waals surface area contributed by atoms with Gasteiger partial charge in [-0.1, -0.05) is 24.6 Å². The summed E-state index contributed by atoms with van der Waals surface area (Å²) in [6.07, 6.45) is 5.35. The summed E-state index contributed by atoms with van der Waals surface area (Å²) in [6.45, 7) is 7.47. The summed E-state index contributed by atoms with van der Waals surface area (Å²) in [5, 5.41) is 2.97. The lowest BCUT2D eigenvalue weighted by Crippen LogP contribution is -2.31. The molecular weight excluding hydrogens is 589 g/mol. The molecule has 1 fully saturated rings. The van der Waals surface area contributed by atoms with E-state index in [4.69, 9.17) is 18.9 Å². The minimum Gasteiger partial charge on any atom is -0.497 e. The number of benzene rings is 3. The summed E-state index contributed by atoms with van der Waals surface area (Å²) in [6, 6.07) is 17.0. The third kappa shape index (κ3) is 8.02. The molecule has 5 rings (SSSR count). The van der Waals surface area contributed by atoms with Gasteiger partial charge in [0, 0.05) is 36.6 Å². The van der Waals surface area contributed by atoms with Crippen LogP contribution < -0.4 is 29.2 Å². The first-order chi connectivity index (χ1) is 22.4. The second-order valence-electron chi connectivity index (χ2n) is 11.1. The quantitative estimate of drug-likeness (QED) is 0.159. The van der Waals surface area contributed by atoms with Crippen LogP contribution >= 0.6 is 0 Å². The monoisotopic (exact) mass is 629 g/mol. The Kier molecular flexibility index (Phi) is 10.9. The number of methoxy groups -OCH3 is 2. The first-order valence-corrected chi connectivity index (χ1v) is 15.4. The Hall–Kier alpha value is -4.90. The number of carbonyl (C=O) groups excluding carboxylic acids is 1. The van der Waals surface area contributed by atoms with E-state index in [1.165, 1.54) is 49.6 Å². The molecule has 0 radical (unpaired) electrons. The number of aryl methyl sites for hydroxylation is 2. The molecule has 4 aromatic rings. The Balaban J connectivity index is 1.29. The molecule has 0 aliphatic carbocycles. The minimum absolute atomic E-state index is 0.000321. The molecule has 10 nitrogen and oxygen atoms in total. The van der Waals surface area contributed by atoms with Crippen molar-refractivity contribution < 1.29 is 28.1 Å². The number of hydrogen-bond donors (Lipinski definition) is 1. The van der Waals surface area contributed by atoms with Crippen molar-refractivity contribution in [3.63, 3.8) is 0 Å². The van der Waals surface area contributed by atoms with Crippen molar-refractivity contribution in [2.45, 2.75) is 39.5 Å². The van der Waals surface area contributed by atoms with Crippen LogP contribution in [0.25, 0.3) is 0 Å². The molecule has 1 N–H and O–H groups in total. The number of halogens is 1. The maximum absolute atomic E-state index is 14.9. The number of ether oxygens (including phenoxy) is 4. The molecule has 242 valence electrons. The number of carbonyl (C=O) groups is 1. The Morgan fingerprint density at radius 1 is 0.957 bits per heavy atom. The van der Waals surface area contributed by atoms with Gasteiger partial charge in [-0.25, -0.2) is 19.1 Å². The average molecular weight is 630 g/mol. The Bertz CT molecular complexity index is 1630. The Morgan fingerprint density at radius 3 is 2.46 bits per heavy atom. The van der Waals surface area contributed by atoms with Crippen molar-refractivity contribution in [2.24, 2.45) is 0 Å². The standard InChI is InChI=1S/C35H40FN5O5/c1-24-10-8-11-25(2)33(24)41(29-14-13-27(43-3)23-31(29)44-4)35(42)46-32-16-17-37-34(39-32)38-26-12-15-30(28(36)22-26)45-21-9-20-40-18-6-5-7-19-40/h8,10-17,22-23H,5-7,9,18-21H2,1-4H3,(H,37,38,39). The maximum atomic E-state index is 14.9. The van der Waals surface area contributed by atoms with Gasteiger partial charge >= 0.3 is 6.09 Å². The fourth-order valence-corrected chi connectivity index (χ4v) is 5.51. The predicted molar refractivity (Wildman–Crippen MR) is 176 cm³/mol. The molecule has 0 atom stereocenters. The second-order valence-corrected chi connectivity index (χ2v) is 11.1. The van der Waals surface area contributed by atoms with E-state index in [1.54, 1.807) is 37.4 Å². The highest BCUT2D eigenvalue weighted by molar-refractivity contribution is 6.00. The number of nitrogens with zero attached hydrogens (tertiary/aromatic N) is 4. The van der Waals surface area contributed by atoms with Gasteiger partial charge in [0.1, 0.15) is 11.5 Å². The van der Waals surface area contributed by atoms with Crippen molar-refractivity contribution in [3.05, 3.63) is 83.8 Å². The minimum atomic E-state index is -0.710. The molecule has 1 aliphatic heterocycles. The number of likely N-dealkylation sites (tertiary alicyclic amines) is 1. The van der Waals surface area contributed by atoms with Crippen LogP contribution in [0.2, 0.25) is 0 Å². The van der Waals surface area contributed by atoms with Crippen molar-refractivity contribution in [1.29, 1.82) is 0 Å². The molecule has 0 spiro atoms. The van der Waals surface area contributed by atoms with Crippen molar-refractivity contribution in [3.8, 4) is 23.1 Å². The zero-order valence-electron chi connectivity index (χ0n) is 26.7. The average Bonchev–Trinajstić information content (AvgIpc) is 3.06. The Morgan fingerprint density at radius 2 is 1.74 bits per heavy atom. The molecule has 0 saturated carbocycles. The van der Waals surface area contributed by atoms with Gasteiger partial charge in [-0.3, -0.25) is 0 Å². The third-order valence-electron chi connectivity index (χ3n) is 7.81. The molecule has 11 heteroatoms. The molecule has 46 heavy (non-hydrogen) atoms. The van der Waals surface area contributed by atoms with Gasteiger partial charge in [0.05, 0.1) is 32.2 Å². The molecular formula is C35H40FN5O5. The summed E-state index contributed by atoms with van der Waals surface area (Å²) < 4.78 is 37.3. The van der Waals surface area contributed by atoms with Gasteiger partial charge in [0.15, 0.2) is 11.6 Å². The van der Waals surface area contributed by atoms with E-state index >= 15 is 0 Å². The van der Waals surface area contributed by atoms with E-state index in [0.29, 0.717) is 35.2 Å². The topological polar surface area (TPSA) is 98.3 Å². The second kappa shape index (κ2) is 15.4. The van der Waals surface area contributed by atoms with Crippen molar-refractivity contribution in [1.82, 2.24) is 14.9 Å². The number of rotatable bonds is 12. The van der Waals surface area contributed by atoms with E-state index in [0.717, 1.165) is 37.2 Å². The van der Waals surface area contributed by atoms with Gasteiger partial charge in [0.2, 0.25) is 11.8 Å². The van der Waals surface area contributed by atoms with Crippen LogP contribution in [0, 0.1) is 19.7 Å². The zero-order chi connectivity index (χ0) is 32.5. The van der Waals surface area contributed by atoms with E-state index < -0.39 is 11.9 Å². The van der Waals surface area contributed by atoms with Crippen LogP contribution in [0.4, 0.5) is 32.2 Å². The van der Waals surface area contributed by atoms with Gasteiger partial charge in [-0.05, 0) is 81.6 Å². The largest absolute Gasteiger partial charge is 0.497 e. The summed E-state index contributed by atoms with van der Waals surface area (Å²) in [5.74, 6) is 0.809. The zero-order valence-corrected chi connectivity index (χ0v) is 26.7. The first-order valence-electron chi connectivity index (χ1n) is 15.4. The predicted octanol–water partition coefficient (Wildman–Crippen LogP) is 7.59. The normalized spacial score (nSPS) is 13.2. The number of aromatic nitrogens is 2. The van der Waals surface area contributed by atoms with Gasteiger partial charge in [0.25, 0.3) is 0 Å². The summed E-state index contributed by atoms with van der Waals surface area (Å²) in [4.78, 5) is 26.3. The van der Waals surface area contributed by atoms with Gasteiger partial charge in [-0.15, -0.1) is 0 Å². The lowest BCUT2D eigenvalue weighted by Gasteiger charge is -2.27. The van der Waals surface area contributed by atoms with E-state index in [1.807, 2.05) is 32.0 Å². The summed E-state index contributed by atoms with van der Waals surface area (Å²) >= 11 is 0. The number of nitrogens with one attached hydrogen (secondary N) is 1. The number of anilines is 4. The van der Waals surface area contributed by atoms with Crippen LogP contribution in [-0.4, -0.2) is 61.4 Å². The lowest BCUT2D eigenvalue weighted by molar-refractivity contribution is 0.203. The van der Waals surface area contributed by atoms with E-state index in [2.05, 4.69) is 20.2 Å². The molecule has 0 unspecified atom stereocenters. The maximum Gasteiger partial charge on any atom is 0.425 e. The van der Waals surface area contributed by atoms with Gasteiger partial charge in [-0.2, -0.15) is 4.98 Å². The van der Waals surface area contributed by atoms with E-state index in [9.17, 15) is 9.18 Å². The molecule has 0 bridgehead atoms. The van der Waals surface area contributed by atoms with Crippen molar-refractivity contribution in [2.75, 3.05) is 50.7 Å². The fraction of sp³-hybridized carbons (Fsp3) is 0.343. The number of para-hydroxylation sites is 1. The van der Waals surface area contributed by atoms with Crippen LogP contribution in [0.15, 0.2) is 66.9 Å². The smallest absolute Gasteiger partial charge is 0.425 e. The first kappa shape index (κ1) is 32.5. The fourth-order valence-electron chi connectivity index (χ4n) is 5.51. The van der Waals surface area contributed by atoms with Crippen LogP contribution in [0.1, 0.15) is 36.8 Å². The SMILES string of the molecule is COc1ccc(N(C(=O)Oc2ccnc(Nc3ccc(OCCCN4CCCCC4)c(F)c3)n2)c2c(C)cccc2C)c(OC)c1. The molecule has 1 aromatic heterocycles. The lowest BCUT2D eigenvalue weighted by atomic mass is 10.1. The van der Waals surface area contributed by atoms with Crippen LogP contribution in [-0.2, 0) is 0 Å². The summed E-state index contributed by atoms with van der Waals surface area (Å²) in [7, 11) is 3.08. The summed E-state index contributed by atoms with van der Waals surface area (Å²) in [5.41, 5.74) is 3.24. The Labute approximate surface area is 269 Å². The van der Waals surface area contributed by atoms with Crippen LogP contribution in [0.3, 0.4) is 0 Å². The molecule has 1 saturated heterocycles. The molecule has 1 aliphatic rings. The van der Waals surface area contributed by atoms with E-state index in [-0.39, 0.29) is 17.6 Å². The molecule has 2 heterocycles. The molecule has 3 aromatic carbocycles. The highest BCUT2D eigenvalue weighted by atomic mass is 19.1. The highest BCUT2D eigenvalue weighted by Crippen LogP contribution is 2.40. The van der Waals surface area contributed by atoms with Crippen LogP contribution in [0.5, 0.6) is 23.1 Å². The van der Waals surface area contributed by atoms with Gasteiger partial charge < -0.3 is 29.2 Å².